The van der Waals surface area contributed by atoms with Gasteiger partial charge in [-0.05, 0) is 0 Å². The zero-order chi connectivity index (χ0) is 8.27. The fourth-order valence-corrected chi connectivity index (χ4v) is 0.638. The molecule has 0 aromatic carbocycles. The van der Waals surface area contributed by atoms with Crippen LogP contribution >= 0.6 is 0 Å². The van der Waals surface area contributed by atoms with E-state index in [0.29, 0.717) is 5.69 Å². The number of aromatic amines is 1. The molecular weight excluding hydrogens is 148 g/mol. The Hall–Kier alpha value is -1.43. The molecule has 1 rings (SSSR count). The number of aromatic nitrogens is 3. The molecule has 0 saturated heterocycles. The summed E-state index contributed by atoms with van der Waals surface area (Å²) in [5.74, 6) is -1.03. The molecule has 1 atom stereocenters. The summed E-state index contributed by atoms with van der Waals surface area (Å²) in [4.78, 5) is 10.2. The SMILES string of the molecule is N[C@H](Cc1c[nH]nn1)C(=O)O. The second-order valence-electron chi connectivity index (χ2n) is 2.11. The standard InChI is InChI=1S/C5H8N4O2/c6-4(5(10)11)1-3-2-7-9-8-3/h2,4H,1,6H2,(H,10,11)(H,7,8,9)/t4-/m1/s1. The molecule has 4 N–H and O–H groups in total. The lowest BCUT2D eigenvalue weighted by molar-refractivity contribution is -0.138. The van der Waals surface area contributed by atoms with Gasteiger partial charge in [-0.25, -0.2) is 0 Å². The van der Waals surface area contributed by atoms with Gasteiger partial charge in [-0.2, -0.15) is 0 Å². The van der Waals surface area contributed by atoms with Crippen LogP contribution in [0.1, 0.15) is 5.69 Å². The van der Waals surface area contributed by atoms with Gasteiger partial charge >= 0.3 is 5.97 Å². The second-order valence-corrected chi connectivity index (χ2v) is 2.11. The summed E-state index contributed by atoms with van der Waals surface area (Å²) in [6, 6.07) is -0.903. The molecule has 0 spiro atoms. The molecule has 1 aromatic heterocycles. The minimum atomic E-state index is -1.03. The van der Waals surface area contributed by atoms with Gasteiger partial charge in [0.1, 0.15) is 6.04 Å². The van der Waals surface area contributed by atoms with Crippen molar-refractivity contribution in [2.24, 2.45) is 5.73 Å². The molecule has 0 fully saturated rings. The fraction of sp³-hybridized carbons (Fsp3) is 0.400. The first kappa shape index (κ1) is 7.67. The first-order valence-corrected chi connectivity index (χ1v) is 3.04. The van der Waals surface area contributed by atoms with Crippen LogP contribution < -0.4 is 5.73 Å². The molecule has 0 radical (unpaired) electrons. The number of rotatable bonds is 3. The Morgan fingerprint density at radius 2 is 2.64 bits per heavy atom. The van der Waals surface area contributed by atoms with E-state index < -0.39 is 12.0 Å². The Morgan fingerprint density at radius 1 is 1.91 bits per heavy atom. The molecule has 1 aromatic rings. The van der Waals surface area contributed by atoms with E-state index in [1.165, 1.54) is 6.20 Å². The van der Waals surface area contributed by atoms with Crippen LogP contribution in [0.3, 0.4) is 0 Å². The summed E-state index contributed by atoms with van der Waals surface area (Å²) in [5.41, 5.74) is 5.78. The van der Waals surface area contributed by atoms with Crippen molar-refractivity contribution in [2.75, 3.05) is 0 Å². The minimum absolute atomic E-state index is 0.200. The van der Waals surface area contributed by atoms with Gasteiger partial charge in [-0.1, -0.05) is 5.21 Å². The lowest BCUT2D eigenvalue weighted by atomic mass is 10.2. The van der Waals surface area contributed by atoms with Crippen LogP contribution in [0, 0.1) is 0 Å². The Labute approximate surface area is 62.4 Å². The summed E-state index contributed by atoms with van der Waals surface area (Å²) in [5, 5.41) is 17.9. The van der Waals surface area contributed by atoms with Gasteiger partial charge in [0.2, 0.25) is 0 Å². The average Bonchev–Trinajstić information content (AvgIpc) is 2.39. The average molecular weight is 156 g/mol. The van der Waals surface area contributed by atoms with E-state index >= 15 is 0 Å². The fourth-order valence-electron chi connectivity index (χ4n) is 0.638. The van der Waals surface area contributed by atoms with Crippen molar-refractivity contribution in [3.8, 4) is 0 Å². The van der Waals surface area contributed by atoms with Gasteiger partial charge in [-0.3, -0.25) is 9.89 Å². The third-order valence-electron chi connectivity index (χ3n) is 1.21. The number of nitrogens with one attached hydrogen (secondary N) is 1. The van der Waals surface area contributed by atoms with Gasteiger partial charge in [-0.15, -0.1) is 5.10 Å². The quantitative estimate of drug-likeness (QED) is 0.507. The van der Waals surface area contributed by atoms with Crippen molar-refractivity contribution < 1.29 is 9.90 Å². The van der Waals surface area contributed by atoms with Gasteiger partial charge in [0.25, 0.3) is 0 Å². The molecule has 6 heteroatoms. The number of aliphatic carboxylic acids is 1. The number of carboxylic acid groups (broad SMARTS) is 1. The Morgan fingerprint density at radius 3 is 3.09 bits per heavy atom. The maximum atomic E-state index is 10.2. The summed E-state index contributed by atoms with van der Waals surface area (Å²) >= 11 is 0. The van der Waals surface area contributed by atoms with Crippen LogP contribution in [0.25, 0.3) is 0 Å². The van der Waals surface area contributed by atoms with Gasteiger partial charge in [0, 0.05) is 12.6 Å². The largest absolute Gasteiger partial charge is 0.480 e. The van der Waals surface area contributed by atoms with Crippen LogP contribution in [0.15, 0.2) is 6.20 Å². The molecule has 0 aliphatic carbocycles. The first-order valence-electron chi connectivity index (χ1n) is 3.04. The topological polar surface area (TPSA) is 105 Å². The number of carboxylic acids is 1. The number of H-pyrrole nitrogens is 1. The molecule has 0 aliphatic heterocycles. The number of nitrogens with two attached hydrogens (primary N) is 1. The number of nitrogens with zero attached hydrogens (tertiary/aromatic N) is 2. The van der Waals surface area contributed by atoms with E-state index in [1.54, 1.807) is 0 Å². The van der Waals surface area contributed by atoms with Crippen LogP contribution in [-0.2, 0) is 11.2 Å². The zero-order valence-electron chi connectivity index (χ0n) is 5.69. The lowest BCUT2D eigenvalue weighted by Crippen LogP contribution is -2.32. The summed E-state index contributed by atoms with van der Waals surface area (Å²) in [6.45, 7) is 0. The first-order chi connectivity index (χ1) is 5.20. The van der Waals surface area contributed by atoms with E-state index in [4.69, 9.17) is 10.8 Å². The summed E-state index contributed by atoms with van der Waals surface area (Å²) < 4.78 is 0. The predicted octanol–water partition coefficient (Wildman–Crippen LogP) is -1.24. The van der Waals surface area contributed by atoms with Crippen molar-refractivity contribution in [2.45, 2.75) is 12.5 Å². The van der Waals surface area contributed by atoms with Crippen molar-refractivity contribution in [3.05, 3.63) is 11.9 Å². The Balaban J connectivity index is 2.50. The molecule has 6 nitrogen and oxygen atoms in total. The van der Waals surface area contributed by atoms with E-state index in [0.717, 1.165) is 0 Å². The van der Waals surface area contributed by atoms with Crippen LogP contribution in [0.2, 0.25) is 0 Å². The monoisotopic (exact) mass is 156 g/mol. The van der Waals surface area contributed by atoms with E-state index in [2.05, 4.69) is 15.4 Å². The van der Waals surface area contributed by atoms with E-state index in [-0.39, 0.29) is 6.42 Å². The van der Waals surface area contributed by atoms with Crippen LogP contribution in [0.4, 0.5) is 0 Å². The number of hydrogen-bond acceptors (Lipinski definition) is 4. The van der Waals surface area contributed by atoms with Crippen molar-refractivity contribution >= 4 is 5.97 Å². The highest BCUT2D eigenvalue weighted by Crippen LogP contribution is 1.93. The normalized spacial score (nSPS) is 12.8. The lowest BCUT2D eigenvalue weighted by Gasteiger charge is -2.00. The summed E-state index contributed by atoms with van der Waals surface area (Å²) in [6.07, 6.45) is 1.72. The maximum absolute atomic E-state index is 10.2. The molecule has 11 heavy (non-hydrogen) atoms. The second kappa shape index (κ2) is 3.11. The predicted molar refractivity (Wildman–Crippen MR) is 35.7 cm³/mol. The molecule has 60 valence electrons. The van der Waals surface area contributed by atoms with E-state index in [9.17, 15) is 4.79 Å². The van der Waals surface area contributed by atoms with Crippen LogP contribution in [-0.4, -0.2) is 32.5 Å². The molecular formula is C5H8N4O2. The van der Waals surface area contributed by atoms with Crippen molar-refractivity contribution in [1.82, 2.24) is 15.4 Å². The Kier molecular flexibility index (Phi) is 2.17. The van der Waals surface area contributed by atoms with Crippen LogP contribution in [0.5, 0.6) is 0 Å². The van der Waals surface area contributed by atoms with E-state index in [1.807, 2.05) is 0 Å². The molecule has 0 unspecified atom stereocenters. The van der Waals surface area contributed by atoms with Gasteiger partial charge < -0.3 is 10.8 Å². The smallest absolute Gasteiger partial charge is 0.320 e. The third kappa shape index (κ3) is 2.01. The van der Waals surface area contributed by atoms with Gasteiger partial charge in [0.05, 0.1) is 5.69 Å². The zero-order valence-corrected chi connectivity index (χ0v) is 5.69. The highest BCUT2D eigenvalue weighted by atomic mass is 16.4. The highest BCUT2D eigenvalue weighted by Gasteiger charge is 2.12. The van der Waals surface area contributed by atoms with Crippen molar-refractivity contribution in [3.63, 3.8) is 0 Å². The minimum Gasteiger partial charge on any atom is -0.480 e. The summed E-state index contributed by atoms with van der Waals surface area (Å²) in [7, 11) is 0. The third-order valence-corrected chi connectivity index (χ3v) is 1.21. The number of hydrogen-bond donors (Lipinski definition) is 3. The van der Waals surface area contributed by atoms with Gasteiger partial charge in [0.15, 0.2) is 0 Å². The molecule has 0 saturated carbocycles. The molecule has 1 heterocycles. The Bertz CT molecular complexity index is 233. The maximum Gasteiger partial charge on any atom is 0.320 e. The highest BCUT2D eigenvalue weighted by molar-refractivity contribution is 5.73. The number of carbonyl (C=O) groups is 1. The molecule has 0 bridgehead atoms. The molecule has 0 aliphatic rings. The molecule has 0 amide bonds. The van der Waals surface area contributed by atoms with Crippen molar-refractivity contribution in [1.29, 1.82) is 0 Å².